The summed E-state index contributed by atoms with van der Waals surface area (Å²) in [6.07, 6.45) is 14.2. The lowest BCUT2D eigenvalue weighted by Gasteiger charge is -2.49. The molecule has 0 bridgehead atoms. The Hall–Kier alpha value is -4.12. The Kier molecular flexibility index (Phi) is 7.11. The second-order valence-electron chi connectivity index (χ2n) is 14.3. The number of rotatable bonds is 8. The molecular weight excluding hydrogens is 567 g/mol. The molecule has 2 unspecified atom stereocenters. The van der Waals surface area contributed by atoms with E-state index in [4.69, 9.17) is 0 Å². The summed E-state index contributed by atoms with van der Waals surface area (Å²) in [5.74, 6) is -0.106. The first kappa shape index (κ1) is 30.5. The molecule has 4 heterocycles. The van der Waals surface area contributed by atoms with Crippen LogP contribution in [0.3, 0.4) is 0 Å². The molecule has 1 aliphatic heterocycles. The third-order valence-electron chi connectivity index (χ3n) is 11.5. The van der Waals surface area contributed by atoms with E-state index >= 15 is 4.39 Å². The highest BCUT2D eigenvalue weighted by Gasteiger charge is 2.61. The van der Waals surface area contributed by atoms with Crippen molar-refractivity contribution in [3.8, 4) is 22.6 Å². The molecule has 236 valence electrons. The average molecular weight is 615 g/mol. The van der Waals surface area contributed by atoms with Crippen LogP contribution in [-0.2, 0) is 29.8 Å². The van der Waals surface area contributed by atoms with E-state index in [1.54, 1.807) is 6.07 Å². The van der Waals surface area contributed by atoms with E-state index in [1.807, 2.05) is 18.7 Å². The van der Waals surface area contributed by atoms with E-state index in [0.29, 0.717) is 0 Å². The zero-order chi connectivity index (χ0) is 32.6. The summed E-state index contributed by atoms with van der Waals surface area (Å²) >= 11 is 0. The first-order valence-corrected chi connectivity index (χ1v) is 17.1. The number of nitrogens with zero attached hydrogens (tertiary/aromatic N) is 4. The Morgan fingerprint density at radius 1 is 0.935 bits per heavy atom. The molecule has 0 N–H and O–H groups in total. The largest absolute Gasteiger partial charge is 0.262 e. The molecule has 46 heavy (non-hydrogen) atoms. The SMILES string of the molecule is CCCCc1cc2c3c4[n+](ccc3c1)C(C=C[n+]1ccccc1-c1cc(C)nn1C)(CC)C(C)(CC)c1ccc(F)c(c1-4)C2(C)C. The van der Waals surface area contributed by atoms with Gasteiger partial charge in [0, 0.05) is 42.6 Å². The minimum Gasteiger partial charge on any atom is -0.262 e. The Labute approximate surface area is 273 Å². The van der Waals surface area contributed by atoms with Crippen LogP contribution in [0.5, 0.6) is 0 Å². The van der Waals surface area contributed by atoms with Crippen molar-refractivity contribution in [2.75, 3.05) is 0 Å². The van der Waals surface area contributed by atoms with Crippen molar-refractivity contribution in [2.45, 2.75) is 96.9 Å². The van der Waals surface area contributed by atoms with Gasteiger partial charge in [0.25, 0.3) is 0 Å². The maximum absolute atomic E-state index is 16.3. The standard InChI is InChI=1S/C41H47FN4/c1-9-12-15-28-25-29-19-22-46-38-35(29)31(26-28)39(5,6)37-32(42)18-17-30(36(37)38)40(7,10-2)41(46,11-3)20-23-45-21-14-13-16-33(45)34-24-27(4)43-44(34)8/h13-14,16-26H,9-12,15H2,1-8H3/q+2. The van der Waals surface area contributed by atoms with E-state index < -0.39 is 11.0 Å². The highest BCUT2D eigenvalue weighted by molar-refractivity contribution is 6.01. The van der Waals surface area contributed by atoms with Gasteiger partial charge in [0.05, 0.1) is 28.1 Å². The number of halogens is 1. The third-order valence-corrected chi connectivity index (χ3v) is 11.5. The number of aromatic nitrogens is 4. The van der Waals surface area contributed by atoms with Crippen LogP contribution in [-0.4, -0.2) is 9.78 Å². The first-order valence-electron chi connectivity index (χ1n) is 17.1. The van der Waals surface area contributed by atoms with Gasteiger partial charge in [-0.05, 0) is 73.4 Å². The van der Waals surface area contributed by atoms with Crippen molar-refractivity contribution in [3.05, 3.63) is 107 Å². The van der Waals surface area contributed by atoms with Crippen molar-refractivity contribution < 1.29 is 13.5 Å². The fourth-order valence-corrected chi connectivity index (χ4v) is 8.89. The summed E-state index contributed by atoms with van der Waals surface area (Å²) < 4.78 is 23.0. The molecule has 0 fully saturated rings. The number of unbranched alkanes of at least 4 members (excludes halogenated alkanes) is 1. The van der Waals surface area contributed by atoms with Crippen molar-refractivity contribution in [3.63, 3.8) is 0 Å². The predicted octanol–water partition coefficient (Wildman–Crippen LogP) is 8.87. The molecule has 5 aromatic rings. The van der Waals surface area contributed by atoms with E-state index in [0.717, 1.165) is 66.0 Å². The smallest absolute Gasteiger partial charge is 0.236 e. The van der Waals surface area contributed by atoms with Crippen LogP contribution >= 0.6 is 0 Å². The number of pyridine rings is 2. The molecule has 0 saturated carbocycles. The van der Waals surface area contributed by atoms with Crippen LogP contribution in [0.2, 0.25) is 0 Å². The molecule has 4 nitrogen and oxygen atoms in total. The van der Waals surface area contributed by atoms with Gasteiger partial charge in [0.1, 0.15) is 11.5 Å². The minimum atomic E-state index is -0.463. The van der Waals surface area contributed by atoms with Crippen LogP contribution in [0.1, 0.15) is 95.2 Å². The summed E-state index contributed by atoms with van der Waals surface area (Å²) in [4.78, 5) is 0. The Balaban J connectivity index is 1.55. The van der Waals surface area contributed by atoms with Gasteiger partial charge in [-0.1, -0.05) is 59.2 Å². The minimum absolute atomic E-state index is 0.106. The van der Waals surface area contributed by atoms with Gasteiger partial charge in [0.2, 0.25) is 16.9 Å². The highest BCUT2D eigenvalue weighted by atomic mass is 19.1. The van der Waals surface area contributed by atoms with E-state index in [1.165, 1.54) is 27.5 Å². The lowest BCUT2D eigenvalue weighted by Crippen LogP contribution is -2.69. The molecule has 2 atom stereocenters. The van der Waals surface area contributed by atoms with Gasteiger partial charge in [0.15, 0.2) is 18.6 Å². The average Bonchev–Trinajstić information content (AvgIpc) is 3.39. The fraction of sp³-hybridized carbons (Fsp3) is 0.390. The number of aryl methyl sites for hydroxylation is 3. The maximum Gasteiger partial charge on any atom is 0.236 e. The number of benzene rings is 2. The quantitative estimate of drug-likeness (QED) is 0.160. The van der Waals surface area contributed by atoms with Gasteiger partial charge in [-0.25, -0.2) is 4.39 Å². The van der Waals surface area contributed by atoms with Crippen molar-refractivity contribution in [1.82, 2.24) is 9.78 Å². The van der Waals surface area contributed by atoms with E-state index in [-0.39, 0.29) is 11.2 Å². The fourth-order valence-electron chi connectivity index (χ4n) is 8.89. The molecule has 0 amide bonds. The van der Waals surface area contributed by atoms with E-state index in [2.05, 4.69) is 129 Å². The lowest BCUT2D eigenvalue weighted by molar-refractivity contribution is -0.755. The maximum atomic E-state index is 16.3. The summed E-state index contributed by atoms with van der Waals surface area (Å²) in [5.41, 5.74) is 8.92. The Morgan fingerprint density at radius 2 is 1.74 bits per heavy atom. The van der Waals surface area contributed by atoms with Gasteiger partial charge in [-0.2, -0.15) is 14.2 Å². The zero-order valence-electron chi connectivity index (χ0n) is 28.7. The first-order chi connectivity index (χ1) is 22.0. The number of allylic oxidation sites excluding steroid dienone is 1. The van der Waals surface area contributed by atoms with Crippen molar-refractivity contribution >= 4 is 17.0 Å². The molecule has 0 saturated heterocycles. The monoisotopic (exact) mass is 614 g/mol. The lowest BCUT2D eigenvalue weighted by atomic mass is 9.56. The van der Waals surface area contributed by atoms with Gasteiger partial charge in [-0.3, -0.25) is 4.68 Å². The van der Waals surface area contributed by atoms with Crippen molar-refractivity contribution in [2.24, 2.45) is 7.05 Å². The highest BCUT2D eigenvalue weighted by Crippen LogP contribution is 2.58. The molecule has 0 spiro atoms. The summed E-state index contributed by atoms with van der Waals surface area (Å²) in [6, 6.07) is 19.4. The van der Waals surface area contributed by atoms with Gasteiger partial charge < -0.3 is 0 Å². The van der Waals surface area contributed by atoms with Crippen LogP contribution < -0.4 is 9.13 Å². The van der Waals surface area contributed by atoms with Crippen LogP contribution in [0.4, 0.5) is 4.39 Å². The predicted molar refractivity (Wildman–Crippen MR) is 185 cm³/mol. The molecule has 0 radical (unpaired) electrons. The zero-order valence-corrected chi connectivity index (χ0v) is 28.7. The molecule has 3 aromatic heterocycles. The van der Waals surface area contributed by atoms with Gasteiger partial charge in [-0.15, -0.1) is 0 Å². The van der Waals surface area contributed by atoms with Crippen LogP contribution in [0.15, 0.2) is 73.1 Å². The molecule has 7 rings (SSSR count). The molecule has 5 heteroatoms. The summed E-state index contributed by atoms with van der Waals surface area (Å²) in [6.45, 7) is 15.7. The van der Waals surface area contributed by atoms with E-state index in [9.17, 15) is 0 Å². The Morgan fingerprint density at radius 3 is 2.43 bits per heavy atom. The molecule has 1 aliphatic carbocycles. The topological polar surface area (TPSA) is 25.6 Å². The molecular formula is C41H47FN4+2. The second-order valence-corrected chi connectivity index (χ2v) is 14.3. The third kappa shape index (κ3) is 4.06. The summed E-state index contributed by atoms with van der Waals surface area (Å²) in [7, 11) is 2.00. The summed E-state index contributed by atoms with van der Waals surface area (Å²) in [5, 5.41) is 7.15. The molecule has 2 aliphatic rings. The second kappa shape index (κ2) is 10.7. The van der Waals surface area contributed by atoms with Crippen molar-refractivity contribution in [1.29, 1.82) is 0 Å². The van der Waals surface area contributed by atoms with Gasteiger partial charge >= 0.3 is 0 Å². The number of hydrogen-bond donors (Lipinski definition) is 0. The van der Waals surface area contributed by atoms with Crippen LogP contribution in [0.25, 0.3) is 39.6 Å². The normalized spacial score (nSPS) is 21.0. The number of hydrogen-bond acceptors (Lipinski definition) is 1. The Bertz CT molecular complexity index is 2050. The molecule has 2 aromatic carbocycles. The van der Waals surface area contributed by atoms with Crippen LogP contribution in [0, 0.1) is 12.7 Å².